The van der Waals surface area contributed by atoms with Crippen molar-refractivity contribution in [3.05, 3.63) is 52.3 Å². The molecule has 20 heavy (non-hydrogen) atoms. The Hall–Kier alpha value is -1.81. The maximum atomic E-state index is 11.8. The summed E-state index contributed by atoms with van der Waals surface area (Å²) in [4.78, 5) is 11.8. The van der Waals surface area contributed by atoms with Gasteiger partial charge in [0.1, 0.15) is 0 Å². The van der Waals surface area contributed by atoms with E-state index >= 15 is 0 Å². The minimum atomic E-state index is 0.0174. The van der Waals surface area contributed by atoms with Crippen molar-refractivity contribution in [3.63, 3.8) is 0 Å². The third kappa shape index (κ3) is 3.61. The molecule has 1 heterocycles. The molecule has 1 aromatic heterocycles. The van der Waals surface area contributed by atoms with Crippen molar-refractivity contribution in [2.75, 3.05) is 6.54 Å². The van der Waals surface area contributed by atoms with Gasteiger partial charge in [0.15, 0.2) is 0 Å². The first-order chi connectivity index (χ1) is 9.58. The highest BCUT2D eigenvalue weighted by Gasteiger charge is 2.09. The molecule has 4 nitrogen and oxygen atoms in total. The maximum Gasteiger partial charge on any atom is 0.224 e. The quantitative estimate of drug-likeness (QED) is 0.920. The van der Waals surface area contributed by atoms with Crippen LogP contribution in [0.25, 0.3) is 0 Å². The smallest absolute Gasteiger partial charge is 0.224 e. The number of carbonyl (C=O) groups is 1. The van der Waals surface area contributed by atoms with E-state index in [9.17, 15) is 4.79 Å². The van der Waals surface area contributed by atoms with Gasteiger partial charge in [0.05, 0.1) is 29.4 Å². The summed E-state index contributed by atoms with van der Waals surface area (Å²) in [7, 11) is 0. The SMILES string of the molecule is Cc1nn(CCNC(=O)Cc2ccccc2)c(C)c1Cl. The minimum absolute atomic E-state index is 0.0174. The fourth-order valence-electron chi connectivity index (χ4n) is 2.04. The van der Waals surface area contributed by atoms with E-state index < -0.39 is 0 Å². The molecule has 1 aromatic carbocycles. The number of benzene rings is 1. The van der Waals surface area contributed by atoms with Gasteiger partial charge in [0, 0.05) is 6.54 Å². The Labute approximate surface area is 123 Å². The van der Waals surface area contributed by atoms with Crippen molar-refractivity contribution in [1.82, 2.24) is 15.1 Å². The molecule has 0 fully saturated rings. The molecule has 0 saturated heterocycles. The molecule has 0 atom stereocenters. The van der Waals surface area contributed by atoms with Gasteiger partial charge in [-0.15, -0.1) is 0 Å². The van der Waals surface area contributed by atoms with Gasteiger partial charge < -0.3 is 5.32 Å². The molecule has 0 aliphatic rings. The van der Waals surface area contributed by atoms with Gasteiger partial charge in [0.2, 0.25) is 5.91 Å². The number of hydrogen-bond acceptors (Lipinski definition) is 2. The van der Waals surface area contributed by atoms with Crippen LogP contribution in [0.5, 0.6) is 0 Å². The number of nitrogens with one attached hydrogen (secondary N) is 1. The fourth-order valence-corrected chi connectivity index (χ4v) is 2.17. The number of rotatable bonds is 5. The van der Waals surface area contributed by atoms with Gasteiger partial charge in [-0.25, -0.2) is 0 Å². The van der Waals surface area contributed by atoms with E-state index in [0.29, 0.717) is 24.5 Å². The Morgan fingerprint density at radius 3 is 2.60 bits per heavy atom. The molecule has 0 saturated carbocycles. The molecule has 0 aliphatic carbocycles. The molecule has 1 N–H and O–H groups in total. The summed E-state index contributed by atoms with van der Waals surface area (Å²) >= 11 is 6.08. The second-order valence-corrected chi connectivity index (χ2v) is 5.10. The maximum absolute atomic E-state index is 11.8. The normalized spacial score (nSPS) is 10.6. The second-order valence-electron chi connectivity index (χ2n) is 4.72. The van der Waals surface area contributed by atoms with Gasteiger partial charge in [-0.05, 0) is 19.4 Å². The number of amides is 1. The van der Waals surface area contributed by atoms with Gasteiger partial charge in [-0.3, -0.25) is 9.48 Å². The van der Waals surface area contributed by atoms with Crippen molar-refractivity contribution >= 4 is 17.5 Å². The average molecular weight is 292 g/mol. The van der Waals surface area contributed by atoms with Crippen LogP contribution in [0.4, 0.5) is 0 Å². The summed E-state index contributed by atoms with van der Waals surface area (Å²) in [5.74, 6) is 0.0174. The van der Waals surface area contributed by atoms with Crippen LogP contribution in [-0.4, -0.2) is 22.2 Å². The van der Waals surface area contributed by atoms with E-state index in [1.54, 1.807) is 0 Å². The zero-order valence-corrected chi connectivity index (χ0v) is 12.4. The molecule has 106 valence electrons. The second kappa shape index (κ2) is 6.57. The van der Waals surface area contributed by atoms with Gasteiger partial charge in [-0.2, -0.15) is 5.10 Å². The van der Waals surface area contributed by atoms with Crippen molar-refractivity contribution in [2.24, 2.45) is 0 Å². The molecule has 0 radical (unpaired) electrons. The third-order valence-electron chi connectivity index (χ3n) is 3.15. The van der Waals surface area contributed by atoms with Crippen LogP contribution in [0, 0.1) is 13.8 Å². The molecule has 0 spiro atoms. The van der Waals surface area contributed by atoms with E-state index in [4.69, 9.17) is 11.6 Å². The average Bonchev–Trinajstić information content (AvgIpc) is 2.67. The van der Waals surface area contributed by atoms with Crippen molar-refractivity contribution in [2.45, 2.75) is 26.8 Å². The highest BCUT2D eigenvalue weighted by Crippen LogP contribution is 2.18. The lowest BCUT2D eigenvalue weighted by Crippen LogP contribution is -2.29. The molecular weight excluding hydrogens is 274 g/mol. The topological polar surface area (TPSA) is 46.9 Å². The van der Waals surface area contributed by atoms with Crippen LogP contribution in [0.3, 0.4) is 0 Å². The minimum Gasteiger partial charge on any atom is -0.354 e. The molecule has 2 rings (SSSR count). The Balaban J connectivity index is 1.81. The molecule has 2 aromatic rings. The van der Waals surface area contributed by atoms with Crippen LogP contribution in [0.1, 0.15) is 17.0 Å². The summed E-state index contributed by atoms with van der Waals surface area (Å²) in [5, 5.41) is 7.91. The van der Waals surface area contributed by atoms with Crippen LogP contribution in [0.15, 0.2) is 30.3 Å². The lowest BCUT2D eigenvalue weighted by Gasteiger charge is -2.07. The van der Waals surface area contributed by atoms with E-state index in [2.05, 4.69) is 10.4 Å². The number of halogens is 1. The molecule has 1 amide bonds. The summed E-state index contributed by atoms with van der Waals surface area (Å²) in [6.45, 7) is 4.97. The predicted octanol–water partition coefficient (Wildman–Crippen LogP) is 2.51. The number of nitrogens with zero attached hydrogens (tertiary/aromatic N) is 2. The lowest BCUT2D eigenvalue weighted by atomic mass is 10.1. The Bertz CT molecular complexity index is 593. The molecule has 0 unspecified atom stereocenters. The first kappa shape index (κ1) is 14.6. The Morgan fingerprint density at radius 2 is 2.00 bits per heavy atom. The van der Waals surface area contributed by atoms with Gasteiger partial charge in [0.25, 0.3) is 0 Å². The summed E-state index contributed by atoms with van der Waals surface area (Å²) in [6, 6.07) is 9.69. The van der Waals surface area contributed by atoms with Crippen molar-refractivity contribution in [1.29, 1.82) is 0 Å². The number of hydrogen-bond donors (Lipinski definition) is 1. The standard InChI is InChI=1S/C15H18ClN3O/c1-11-15(16)12(2)19(18-11)9-8-17-14(20)10-13-6-4-3-5-7-13/h3-7H,8-10H2,1-2H3,(H,17,20). The van der Waals surface area contributed by atoms with E-state index in [-0.39, 0.29) is 5.91 Å². The molecule has 5 heteroatoms. The summed E-state index contributed by atoms with van der Waals surface area (Å²) in [5.41, 5.74) is 2.76. The van der Waals surface area contributed by atoms with Crippen LogP contribution in [0.2, 0.25) is 5.02 Å². The Morgan fingerprint density at radius 1 is 1.30 bits per heavy atom. The summed E-state index contributed by atoms with van der Waals surface area (Å²) in [6.07, 6.45) is 0.402. The highest BCUT2D eigenvalue weighted by molar-refractivity contribution is 6.31. The number of aromatic nitrogens is 2. The molecule has 0 bridgehead atoms. The first-order valence-corrected chi connectivity index (χ1v) is 6.96. The zero-order valence-electron chi connectivity index (χ0n) is 11.7. The number of aryl methyl sites for hydroxylation is 1. The lowest BCUT2D eigenvalue weighted by molar-refractivity contribution is -0.120. The molecule has 0 aliphatic heterocycles. The monoisotopic (exact) mass is 291 g/mol. The van der Waals surface area contributed by atoms with Gasteiger partial charge >= 0.3 is 0 Å². The third-order valence-corrected chi connectivity index (χ3v) is 3.69. The fraction of sp³-hybridized carbons (Fsp3) is 0.333. The molecular formula is C15H18ClN3O. The number of carbonyl (C=O) groups excluding carboxylic acids is 1. The van der Waals surface area contributed by atoms with E-state index in [1.807, 2.05) is 48.9 Å². The predicted molar refractivity (Wildman–Crippen MR) is 79.9 cm³/mol. The van der Waals surface area contributed by atoms with Crippen LogP contribution < -0.4 is 5.32 Å². The van der Waals surface area contributed by atoms with E-state index in [0.717, 1.165) is 17.0 Å². The largest absolute Gasteiger partial charge is 0.354 e. The van der Waals surface area contributed by atoms with Crippen LogP contribution in [-0.2, 0) is 17.8 Å². The first-order valence-electron chi connectivity index (χ1n) is 6.58. The Kier molecular flexibility index (Phi) is 4.79. The van der Waals surface area contributed by atoms with Crippen LogP contribution >= 0.6 is 11.6 Å². The zero-order chi connectivity index (χ0) is 14.5. The van der Waals surface area contributed by atoms with E-state index in [1.165, 1.54) is 0 Å². The summed E-state index contributed by atoms with van der Waals surface area (Å²) < 4.78 is 1.82. The highest BCUT2D eigenvalue weighted by atomic mass is 35.5. The van der Waals surface area contributed by atoms with Crippen molar-refractivity contribution in [3.8, 4) is 0 Å². The van der Waals surface area contributed by atoms with Crippen molar-refractivity contribution < 1.29 is 4.79 Å². The van der Waals surface area contributed by atoms with Gasteiger partial charge in [-0.1, -0.05) is 41.9 Å².